The van der Waals surface area contributed by atoms with Crippen LogP contribution in [0.15, 0.2) is 24.3 Å². The summed E-state index contributed by atoms with van der Waals surface area (Å²) in [7, 11) is 0. The molecule has 3 unspecified atom stereocenters. The second-order valence-corrected chi connectivity index (χ2v) is 6.33. The smallest absolute Gasteiger partial charge is 0.237 e. The number of amides is 1. The fraction of sp³-hybridized carbons (Fsp3) is 0.588. The van der Waals surface area contributed by atoms with Crippen molar-refractivity contribution in [2.24, 2.45) is 11.8 Å². The molecule has 1 aromatic rings. The topological polar surface area (TPSA) is 41.1 Å². The quantitative estimate of drug-likeness (QED) is 0.888. The molecule has 2 fully saturated rings. The molecule has 3 rings (SSSR count). The molecular weight excluding hydrogens is 248 g/mol. The zero-order valence-electron chi connectivity index (χ0n) is 12.4. The van der Waals surface area contributed by atoms with E-state index in [1.54, 1.807) is 0 Å². The third kappa shape index (κ3) is 2.47. The normalized spacial score (nSPS) is 30.0. The Morgan fingerprint density at radius 2 is 2.15 bits per heavy atom. The number of benzene rings is 1. The first-order valence-corrected chi connectivity index (χ1v) is 7.76. The van der Waals surface area contributed by atoms with Crippen LogP contribution in [0.4, 0.5) is 0 Å². The van der Waals surface area contributed by atoms with E-state index in [0.717, 1.165) is 12.5 Å². The summed E-state index contributed by atoms with van der Waals surface area (Å²) in [6.45, 7) is 5.18. The Kier molecular flexibility index (Phi) is 3.79. The fourth-order valence-electron chi connectivity index (χ4n) is 3.93. The molecule has 3 heteroatoms. The molecular formula is C17H24N2O. The number of carbonyl (C=O) groups is 1. The highest BCUT2D eigenvalue weighted by atomic mass is 16.2. The maximum absolute atomic E-state index is 12.5. The van der Waals surface area contributed by atoms with Crippen molar-refractivity contribution in [1.29, 1.82) is 0 Å². The molecule has 0 spiro atoms. The molecule has 1 saturated carbocycles. The third-order valence-corrected chi connectivity index (χ3v) is 5.04. The predicted octanol–water partition coefficient (Wildman–Crippen LogP) is 2.56. The molecule has 2 N–H and O–H groups in total. The summed E-state index contributed by atoms with van der Waals surface area (Å²) in [5.41, 5.74) is 2.44. The zero-order valence-corrected chi connectivity index (χ0v) is 12.4. The van der Waals surface area contributed by atoms with E-state index in [9.17, 15) is 4.79 Å². The lowest BCUT2D eigenvalue weighted by molar-refractivity contribution is -0.124. The number of nitrogens with one attached hydrogen (secondary N) is 2. The number of fused-ring (bicyclic) bond motifs is 1. The molecule has 1 amide bonds. The monoisotopic (exact) mass is 272 g/mol. The molecule has 0 radical (unpaired) electrons. The van der Waals surface area contributed by atoms with Crippen molar-refractivity contribution in [3.8, 4) is 0 Å². The molecule has 4 atom stereocenters. The molecule has 1 heterocycles. The number of hydrogen-bond donors (Lipinski definition) is 2. The summed E-state index contributed by atoms with van der Waals surface area (Å²) in [4.78, 5) is 12.5. The molecule has 0 aromatic heterocycles. The summed E-state index contributed by atoms with van der Waals surface area (Å²) >= 11 is 0. The van der Waals surface area contributed by atoms with E-state index >= 15 is 0 Å². The molecule has 1 saturated heterocycles. The average Bonchev–Trinajstić information content (AvgIpc) is 3.00. The van der Waals surface area contributed by atoms with Gasteiger partial charge in [-0.1, -0.05) is 30.7 Å². The van der Waals surface area contributed by atoms with Gasteiger partial charge in [-0.25, -0.2) is 0 Å². The van der Waals surface area contributed by atoms with Crippen LogP contribution >= 0.6 is 0 Å². The Morgan fingerprint density at radius 3 is 2.95 bits per heavy atom. The second kappa shape index (κ2) is 5.57. The summed E-state index contributed by atoms with van der Waals surface area (Å²) in [6.07, 6.45) is 3.78. The molecule has 1 aliphatic carbocycles. The minimum absolute atomic E-state index is 0.0222. The first-order chi connectivity index (χ1) is 9.66. The van der Waals surface area contributed by atoms with Gasteiger partial charge in [-0.05, 0) is 56.2 Å². The van der Waals surface area contributed by atoms with Gasteiger partial charge in [0, 0.05) is 0 Å². The van der Waals surface area contributed by atoms with Gasteiger partial charge < -0.3 is 10.6 Å². The van der Waals surface area contributed by atoms with Crippen LogP contribution in [0.25, 0.3) is 0 Å². The first-order valence-electron chi connectivity index (χ1n) is 7.76. The molecule has 108 valence electrons. The van der Waals surface area contributed by atoms with Gasteiger partial charge in [0.25, 0.3) is 0 Å². The van der Waals surface area contributed by atoms with Gasteiger partial charge in [-0.2, -0.15) is 0 Å². The standard InChI is InChI=1S/C17H24N2O/c1-11-6-3-4-8-14(11)12(2)19-17(20)16-15-9-5-7-13(15)10-18-16/h3-4,6,8,12-13,15-16,18H,5,7,9-10H2,1-2H3,(H,19,20)/t12-,13?,15?,16?/m0/s1. The van der Waals surface area contributed by atoms with Crippen LogP contribution in [0.5, 0.6) is 0 Å². The van der Waals surface area contributed by atoms with E-state index in [1.165, 1.54) is 30.4 Å². The number of rotatable bonds is 3. The van der Waals surface area contributed by atoms with E-state index in [4.69, 9.17) is 0 Å². The zero-order chi connectivity index (χ0) is 14.1. The van der Waals surface area contributed by atoms with E-state index in [-0.39, 0.29) is 18.0 Å². The Bertz CT molecular complexity index is 500. The number of carbonyl (C=O) groups excluding carboxylic acids is 1. The summed E-state index contributed by atoms with van der Waals surface area (Å²) in [5.74, 6) is 1.45. The Labute approximate surface area is 121 Å². The van der Waals surface area contributed by atoms with Gasteiger partial charge >= 0.3 is 0 Å². The van der Waals surface area contributed by atoms with Crippen LogP contribution in [0.2, 0.25) is 0 Å². The van der Waals surface area contributed by atoms with E-state index in [0.29, 0.717) is 5.92 Å². The largest absolute Gasteiger partial charge is 0.348 e. The number of hydrogen-bond acceptors (Lipinski definition) is 2. The van der Waals surface area contributed by atoms with Crippen LogP contribution in [-0.4, -0.2) is 18.5 Å². The van der Waals surface area contributed by atoms with Gasteiger partial charge in [-0.3, -0.25) is 4.79 Å². The molecule has 20 heavy (non-hydrogen) atoms. The van der Waals surface area contributed by atoms with Crippen LogP contribution < -0.4 is 10.6 Å². The first kappa shape index (κ1) is 13.6. The maximum Gasteiger partial charge on any atom is 0.237 e. The lowest BCUT2D eigenvalue weighted by Crippen LogP contribution is -2.44. The van der Waals surface area contributed by atoms with Crippen LogP contribution in [0, 0.1) is 18.8 Å². The SMILES string of the molecule is Cc1ccccc1[C@H](C)NC(=O)C1NCC2CCCC21. The van der Waals surface area contributed by atoms with Crippen molar-refractivity contribution >= 4 is 5.91 Å². The highest BCUT2D eigenvalue weighted by molar-refractivity contribution is 5.83. The van der Waals surface area contributed by atoms with Gasteiger partial charge in [0.1, 0.15) is 0 Å². The second-order valence-electron chi connectivity index (χ2n) is 6.33. The Morgan fingerprint density at radius 1 is 1.35 bits per heavy atom. The van der Waals surface area contributed by atoms with Gasteiger partial charge in [0.2, 0.25) is 5.91 Å². The van der Waals surface area contributed by atoms with Gasteiger partial charge in [0.15, 0.2) is 0 Å². The van der Waals surface area contributed by atoms with Crippen molar-refractivity contribution in [2.45, 2.75) is 45.2 Å². The van der Waals surface area contributed by atoms with Gasteiger partial charge in [-0.15, -0.1) is 0 Å². The molecule has 2 aliphatic rings. The van der Waals surface area contributed by atoms with E-state index in [1.807, 2.05) is 12.1 Å². The summed E-state index contributed by atoms with van der Waals surface area (Å²) < 4.78 is 0. The van der Waals surface area contributed by atoms with Crippen LogP contribution in [0.3, 0.4) is 0 Å². The van der Waals surface area contributed by atoms with Crippen molar-refractivity contribution in [2.75, 3.05) is 6.54 Å². The summed E-state index contributed by atoms with van der Waals surface area (Å²) in [5, 5.41) is 6.61. The highest BCUT2D eigenvalue weighted by Gasteiger charge is 2.42. The lowest BCUT2D eigenvalue weighted by Gasteiger charge is -2.22. The Balaban J connectivity index is 1.66. The fourth-order valence-corrected chi connectivity index (χ4v) is 3.93. The van der Waals surface area contributed by atoms with Crippen LogP contribution in [0.1, 0.15) is 43.4 Å². The van der Waals surface area contributed by atoms with Crippen molar-refractivity contribution in [3.63, 3.8) is 0 Å². The molecule has 3 nitrogen and oxygen atoms in total. The predicted molar refractivity (Wildman–Crippen MR) is 80.4 cm³/mol. The van der Waals surface area contributed by atoms with Crippen LogP contribution in [-0.2, 0) is 4.79 Å². The molecule has 1 aliphatic heterocycles. The summed E-state index contributed by atoms with van der Waals surface area (Å²) in [6, 6.07) is 8.36. The average molecular weight is 272 g/mol. The van der Waals surface area contributed by atoms with E-state index in [2.05, 4.69) is 36.6 Å². The molecule has 0 bridgehead atoms. The minimum atomic E-state index is 0.0222. The van der Waals surface area contributed by atoms with Crippen molar-refractivity contribution < 1.29 is 4.79 Å². The van der Waals surface area contributed by atoms with Gasteiger partial charge in [0.05, 0.1) is 12.1 Å². The Hall–Kier alpha value is -1.35. The maximum atomic E-state index is 12.5. The minimum Gasteiger partial charge on any atom is -0.348 e. The number of aryl methyl sites for hydroxylation is 1. The van der Waals surface area contributed by atoms with Crippen molar-refractivity contribution in [1.82, 2.24) is 10.6 Å². The molecule has 1 aromatic carbocycles. The van der Waals surface area contributed by atoms with Crippen molar-refractivity contribution in [3.05, 3.63) is 35.4 Å². The lowest BCUT2D eigenvalue weighted by atomic mass is 9.93. The third-order valence-electron chi connectivity index (χ3n) is 5.04. The highest BCUT2D eigenvalue weighted by Crippen LogP contribution is 2.37. The van der Waals surface area contributed by atoms with E-state index < -0.39 is 0 Å².